The van der Waals surface area contributed by atoms with Gasteiger partial charge in [-0.2, -0.15) is 0 Å². The minimum Gasteiger partial charge on any atom is -0.497 e. The van der Waals surface area contributed by atoms with E-state index >= 15 is 0 Å². The first-order valence-electron chi connectivity index (χ1n) is 7.06. The monoisotopic (exact) mass is 376 g/mol. The van der Waals surface area contributed by atoms with Crippen LogP contribution in [0.2, 0.25) is 0 Å². The average molecular weight is 377 g/mol. The Kier molecular flexibility index (Phi) is 6.17. The predicted molar refractivity (Wildman–Crippen MR) is 91.7 cm³/mol. The molecule has 2 rings (SSSR count). The van der Waals surface area contributed by atoms with E-state index in [1.165, 1.54) is 0 Å². The summed E-state index contributed by atoms with van der Waals surface area (Å²) in [5.41, 5.74) is 1.49. The summed E-state index contributed by atoms with van der Waals surface area (Å²) in [7, 11) is 1.61. The zero-order valence-electron chi connectivity index (χ0n) is 12.6. The summed E-state index contributed by atoms with van der Waals surface area (Å²) in [6.07, 6.45) is 0.669. The molecule has 0 radical (unpaired) electrons. The van der Waals surface area contributed by atoms with Gasteiger partial charge >= 0.3 is 6.03 Å². The molecule has 0 bridgehead atoms. The standard InChI is InChI=1S/C17H17BrN2O3/c1-23-15-7-5-12(6-8-15)9-10-19-17(22)20-16(21)13-3-2-4-14(18)11-13/h2-8,11H,9-10H2,1H3,(H2,19,20,21,22). The summed E-state index contributed by atoms with van der Waals surface area (Å²) >= 11 is 3.29. The van der Waals surface area contributed by atoms with E-state index in [-0.39, 0.29) is 0 Å². The van der Waals surface area contributed by atoms with Gasteiger partial charge in [0.05, 0.1) is 7.11 Å². The maximum absolute atomic E-state index is 11.9. The molecule has 0 aliphatic heterocycles. The molecule has 0 heterocycles. The molecule has 2 N–H and O–H groups in total. The highest BCUT2D eigenvalue weighted by Crippen LogP contribution is 2.12. The first-order valence-corrected chi connectivity index (χ1v) is 7.85. The minimum atomic E-state index is -0.511. The maximum atomic E-state index is 11.9. The van der Waals surface area contributed by atoms with Gasteiger partial charge in [0.25, 0.3) is 5.91 Å². The molecule has 0 unspecified atom stereocenters. The largest absolute Gasteiger partial charge is 0.497 e. The minimum absolute atomic E-state index is 0.421. The number of halogens is 1. The van der Waals surface area contributed by atoms with Gasteiger partial charge in [0.2, 0.25) is 0 Å². The van der Waals surface area contributed by atoms with E-state index in [9.17, 15) is 9.59 Å². The molecule has 5 nitrogen and oxygen atoms in total. The first-order chi connectivity index (χ1) is 11.1. The van der Waals surface area contributed by atoms with Crippen LogP contribution in [-0.4, -0.2) is 25.6 Å². The second kappa shape index (κ2) is 8.33. The summed E-state index contributed by atoms with van der Waals surface area (Å²) in [4.78, 5) is 23.6. The van der Waals surface area contributed by atoms with Crippen molar-refractivity contribution >= 4 is 27.9 Å². The Morgan fingerprint density at radius 3 is 2.52 bits per heavy atom. The molecular formula is C17H17BrN2O3. The van der Waals surface area contributed by atoms with Gasteiger partial charge < -0.3 is 10.1 Å². The number of benzene rings is 2. The molecule has 0 fully saturated rings. The molecule has 0 aromatic heterocycles. The van der Waals surface area contributed by atoms with Gasteiger partial charge in [-0.25, -0.2) is 4.79 Å². The maximum Gasteiger partial charge on any atom is 0.321 e. The number of imide groups is 1. The van der Waals surface area contributed by atoms with E-state index in [1.807, 2.05) is 30.3 Å². The van der Waals surface area contributed by atoms with Crippen LogP contribution in [0.1, 0.15) is 15.9 Å². The van der Waals surface area contributed by atoms with Crippen LogP contribution in [0.3, 0.4) is 0 Å². The summed E-state index contributed by atoms with van der Waals surface area (Å²) in [6, 6.07) is 13.9. The number of nitrogens with one attached hydrogen (secondary N) is 2. The van der Waals surface area contributed by atoms with Crippen LogP contribution < -0.4 is 15.4 Å². The third-order valence-electron chi connectivity index (χ3n) is 3.17. The van der Waals surface area contributed by atoms with Gasteiger partial charge in [0, 0.05) is 16.6 Å². The molecule has 0 saturated carbocycles. The number of urea groups is 1. The van der Waals surface area contributed by atoms with Crippen molar-refractivity contribution in [1.82, 2.24) is 10.6 Å². The average Bonchev–Trinajstić information content (AvgIpc) is 2.55. The Morgan fingerprint density at radius 1 is 1.13 bits per heavy atom. The number of methoxy groups -OCH3 is 1. The number of hydrogen-bond acceptors (Lipinski definition) is 3. The van der Waals surface area contributed by atoms with Crippen LogP contribution in [-0.2, 0) is 6.42 Å². The van der Waals surface area contributed by atoms with Gasteiger partial charge in [-0.1, -0.05) is 34.1 Å². The number of carbonyl (C=O) groups is 2. The molecule has 3 amide bonds. The van der Waals surface area contributed by atoms with Gasteiger partial charge in [0.1, 0.15) is 5.75 Å². The fourth-order valence-corrected chi connectivity index (χ4v) is 2.36. The quantitative estimate of drug-likeness (QED) is 0.841. The summed E-state index contributed by atoms with van der Waals surface area (Å²) in [5, 5.41) is 4.96. The SMILES string of the molecule is COc1ccc(CCNC(=O)NC(=O)c2cccc(Br)c2)cc1. The Bertz CT molecular complexity index is 686. The predicted octanol–water partition coefficient (Wildman–Crippen LogP) is 3.14. The molecule has 120 valence electrons. The van der Waals surface area contributed by atoms with E-state index in [2.05, 4.69) is 26.6 Å². The summed E-state index contributed by atoms with van der Waals surface area (Å²) in [5.74, 6) is 0.354. The van der Waals surface area contributed by atoms with Gasteiger partial charge in [0.15, 0.2) is 0 Å². The van der Waals surface area contributed by atoms with Crippen LogP contribution in [0.4, 0.5) is 4.79 Å². The van der Waals surface area contributed by atoms with Crippen molar-refractivity contribution in [1.29, 1.82) is 0 Å². The highest BCUT2D eigenvalue weighted by Gasteiger charge is 2.09. The molecule has 0 aliphatic carbocycles. The lowest BCUT2D eigenvalue weighted by atomic mass is 10.1. The highest BCUT2D eigenvalue weighted by molar-refractivity contribution is 9.10. The van der Waals surface area contributed by atoms with Crippen molar-refractivity contribution in [2.75, 3.05) is 13.7 Å². The number of ether oxygens (including phenoxy) is 1. The molecule has 2 aromatic carbocycles. The number of hydrogen-bond donors (Lipinski definition) is 2. The molecule has 0 atom stereocenters. The van der Waals surface area contributed by atoms with E-state index in [1.54, 1.807) is 25.3 Å². The lowest BCUT2D eigenvalue weighted by Gasteiger charge is -2.07. The van der Waals surface area contributed by atoms with E-state index in [0.29, 0.717) is 18.5 Å². The zero-order valence-corrected chi connectivity index (χ0v) is 14.2. The Morgan fingerprint density at radius 2 is 1.87 bits per heavy atom. The Hall–Kier alpha value is -2.34. The van der Waals surface area contributed by atoms with Crippen LogP contribution in [0.5, 0.6) is 5.75 Å². The first kappa shape index (κ1) is 17.0. The van der Waals surface area contributed by atoms with Crippen LogP contribution in [0.25, 0.3) is 0 Å². The van der Waals surface area contributed by atoms with E-state index in [4.69, 9.17) is 4.74 Å². The van der Waals surface area contributed by atoms with Crippen molar-refractivity contribution in [3.05, 3.63) is 64.1 Å². The second-order valence-electron chi connectivity index (χ2n) is 4.82. The smallest absolute Gasteiger partial charge is 0.321 e. The summed E-state index contributed by atoms with van der Waals surface area (Å²) in [6.45, 7) is 0.434. The molecule has 6 heteroatoms. The number of carbonyl (C=O) groups excluding carboxylic acids is 2. The number of amides is 3. The van der Waals surface area contributed by atoms with E-state index in [0.717, 1.165) is 15.8 Å². The van der Waals surface area contributed by atoms with Gasteiger partial charge in [-0.15, -0.1) is 0 Å². The van der Waals surface area contributed by atoms with Crippen molar-refractivity contribution in [3.8, 4) is 5.75 Å². The van der Waals surface area contributed by atoms with Gasteiger partial charge in [-0.05, 0) is 42.3 Å². The third-order valence-corrected chi connectivity index (χ3v) is 3.67. The van der Waals surface area contributed by atoms with Crippen molar-refractivity contribution in [2.24, 2.45) is 0 Å². The van der Waals surface area contributed by atoms with Crippen LogP contribution in [0, 0.1) is 0 Å². The lowest BCUT2D eigenvalue weighted by Crippen LogP contribution is -2.40. The highest BCUT2D eigenvalue weighted by atomic mass is 79.9. The van der Waals surface area contributed by atoms with Gasteiger partial charge in [-0.3, -0.25) is 10.1 Å². The van der Waals surface area contributed by atoms with Crippen molar-refractivity contribution in [3.63, 3.8) is 0 Å². The molecule has 0 aliphatic rings. The van der Waals surface area contributed by atoms with Crippen LogP contribution >= 0.6 is 15.9 Å². The van der Waals surface area contributed by atoms with Crippen molar-refractivity contribution in [2.45, 2.75) is 6.42 Å². The fourth-order valence-electron chi connectivity index (χ4n) is 1.96. The lowest BCUT2D eigenvalue weighted by molar-refractivity contribution is 0.0964. The second-order valence-corrected chi connectivity index (χ2v) is 5.73. The molecule has 2 aromatic rings. The summed E-state index contributed by atoms with van der Waals surface area (Å²) < 4.78 is 5.87. The van der Waals surface area contributed by atoms with Crippen LogP contribution in [0.15, 0.2) is 53.0 Å². The fraction of sp³-hybridized carbons (Fsp3) is 0.176. The van der Waals surface area contributed by atoms with E-state index < -0.39 is 11.9 Å². The zero-order chi connectivity index (χ0) is 16.7. The molecule has 23 heavy (non-hydrogen) atoms. The molecular weight excluding hydrogens is 360 g/mol. The number of rotatable bonds is 5. The normalized spacial score (nSPS) is 10.0. The van der Waals surface area contributed by atoms with Crippen molar-refractivity contribution < 1.29 is 14.3 Å². The topological polar surface area (TPSA) is 67.4 Å². The Labute approximate surface area is 143 Å². The molecule has 0 saturated heterocycles. The third kappa shape index (κ3) is 5.41. The molecule has 0 spiro atoms. The Balaban J connectivity index is 1.77.